The topological polar surface area (TPSA) is 147 Å². The summed E-state index contributed by atoms with van der Waals surface area (Å²) in [5, 5.41) is 12.7. The molecule has 4 N–H and O–H groups in total. The molecule has 1 aliphatic heterocycles. The zero-order valence-corrected chi connectivity index (χ0v) is 27.0. The number of anilines is 3. The molecular weight excluding hydrogens is 586 g/mol. The lowest BCUT2D eigenvalue weighted by molar-refractivity contribution is -0.143. The molecule has 1 fully saturated rings. The molecule has 12 nitrogen and oxygen atoms in total. The summed E-state index contributed by atoms with van der Waals surface area (Å²) in [6.45, 7) is 7.82. The Labute approximate surface area is 264 Å². The molecule has 13 heteroatoms. The maximum atomic E-state index is 13.8. The maximum absolute atomic E-state index is 13.8. The SMILES string of the molecule is CN[C@@H](C)C(=O)N[C@H](C(=O)N1CCC[C@H]1C(=O)Nc1cc2c(Nc3ccc(OC)cc3)ncnc2cc1OC)C(C)(C)C.Cl. The smallest absolute Gasteiger partial charge is 0.247 e. The van der Waals surface area contributed by atoms with Gasteiger partial charge in [0.25, 0.3) is 0 Å². The van der Waals surface area contributed by atoms with Crippen molar-refractivity contribution in [3.8, 4) is 11.5 Å². The number of hydrogen-bond donors (Lipinski definition) is 4. The quantitative estimate of drug-likeness (QED) is 0.263. The number of carbonyl (C=O) groups excluding carboxylic acids is 3. The van der Waals surface area contributed by atoms with Gasteiger partial charge in [-0.2, -0.15) is 0 Å². The van der Waals surface area contributed by atoms with Crippen LogP contribution in [0.25, 0.3) is 10.9 Å². The number of aromatic nitrogens is 2. The molecule has 1 aromatic heterocycles. The summed E-state index contributed by atoms with van der Waals surface area (Å²) in [5.74, 6) is 0.797. The average molecular weight is 628 g/mol. The summed E-state index contributed by atoms with van der Waals surface area (Å²) in [6, 6.07) is 8.94. The number of hydrogen-bond acceptors (Lipinski definition) is 9. The van der Waals surface area contributed by atoms with Gasteiger partial charge in [-0.1, -0.05) is 20.8 Å². The highest BCUT2D eigenvalue weighted by Crippen LogP contribution is 2.34. The Kier molecular flexibility index (Phi) is 11.3. The highest BCUT2D eigenvalue weighted by Gasteiger charge is 2.42. The summed E-state index contributed by atoms with van der Waals surface area (Å²) < 4.78 is 10.8. The van der Waals surface area contributed by atoms with Crippen LogP contribution in [0.15, 0.2) is 42.7 Å². The zero-order valence-electron chi connectivity index (χ0n) is 26.2. The lowest BCUT2D eigenvalue weighted by Gasteiger charge is -2.36. The van der Waals surface area contributed by atoms with Gasteiger partial charge in [0.1, 0.15) is 35.7 Å². The number of methoxy groups -OCH3 is 2. The fourth-order valence-electron chi connectivity index (χ4n) is 4.99. The molecule has 0 saturated carbocycles. The van der Waals surface area contributed by atoms with E-state index in [1.165, 1.54) is 13.4 Å². The van der Waals surface area contributed by atoms with Gasteiger partial charge in [-0.05, 0) is 62.6 Å². The van der Waals surface area contributed by atoms with Crippen LogP contribution in [0.1, 0.15) is 40.5 Å². The Bertz CT molecular complexity index is 1480. The molecule has 44 heavy (non-hydrogen) atoms. The van der Waals surface area contributed by atoms with Crippen LogP contribution in [0.5, 0.6) is 11.5 Å². The Morgan fingerprint density at radius 2 is 1.75 bits per heavy atom. The number of ether oxygens (including phenoxy) is 2. The van der Waals surface area contributed by atoms with Crippen LogP contribution in [0.2, 0.25) is 0 Å². The molecule has 0 aliphatic carbocycles. The minimum absolute atomic E-state index is 0. The molecule has 1 aliphatic rings. The van der Waals surface area contributed by atoms with Gasteiger partial charge in [-0.3, -0.25) is 14.4 Å². The highest BCUT2D eigenvalue weighted by molar-refractivity contribution is 6.03. The van der Waals surface area contributed by atoms with E-state index in [0.717, 1.165) is 11.4 Å². The van der Waals surface area contributed by atoms with Crippen molar-refractivity contribution in [2.75, 3.05) is 38.4 Å². The van der Waals surface area contributed by atoms with Gasteiger partial charge in [0, 0.05) is 23.7 Å². The van der Waals surface area contributed by atoms with E-state index in [1.54, 1.807) is 38.1 Å². The van der Waals surface area contributed by atoms with Crippen LogP contribution in [-0.2, 0) is 14.4 Å². The number of rotatable bonds is 10. The average Bonchev–Trinajstić information content (AvgIpc) is 3.49. The molecule has 4 rings (SSSR count). The van der Waals surface area contributed by atoms with E-state index in [1.807, 2.05) is 45.0 Å². The monoisotopic (exact) mass is 627 g/mol. The van der Waals surface area contributed by atoms with Gasteiger partial charge >= 0.3 is 0 Å². The van der Waals surface area contributed by atoms with E-state index in [0.29, 0.717) is 47.5 Å². The second kappa shape index (κ2) is 14.5. The Hall–Kier alpha value is -4.16. The Balaban J connectivity index is 0.00000529. The van der Waals surface area contributed by atoms with Crippen molar-refractivity contribution >= 4 is 58.2 Å². The number of benzene rings is 2. The van der Waals surface area contributed by atoms with Gasteiger partial charge in [0.2, 0.25) is 17.7 Å². The number of amides is 3. The molecule has 0 radical (unpaired) electrons. The normalized spacial score (nSPS) is 16.0. The summed E-state index contributed by atoms with van der Waals surface area (Å²) >= 11 is 0. The molecule has 1 saturated heterocycles. The van der Waals surface area contributed by atoms with Crippen LogP contribution in [0.4, 0.5) is 17.2 Å². The van der Waals surface area contributed by atoms with E-state index in [4.69, 9.17) is 9.47 Å². The number of nitrogens with one attached hydrogen (secondary N) is 4. The third-order valence-corrected chi connectivity index (χ3v) is 7.63. The van der Waals surface area contributed by atoms with Gasteiger partial charge < -0.3 is 35.6 Å². The first-order chi connectivity index (χ1) is 20.5. The largest absolute Gasteiger partial charge is 0.497 e. The number of fused-ring (bicyclic) bond motifs is 1. The third kappa shape index (κ3) is 7.67. The summed E-state index contributed by atoms with van der Waals surface area (Å²) in [5.41, 5.74) is 1.28. The Morgan fingerprint density at radius 3 is 2.36 bits per heavy atom. The predicted octanol–water partition coefficient (Wildman–Crippen LogP) is 3.88. The van der Waals surface area contributed by atoms with Gasteiger partial charge in [-0.25, -0.2) is 9.97 Å². The fourth-order valence-corrected chi connectivity index (χ4v) is 4.99. The van der Waals surface area contributed by atoms with Crippen LogP contribution < -0.4 is 30.7 Å². The first-order valence-corrected chi connectivity index (χ1v) is 14.3. The molecule has 3 amide bonds. The van der Waals surface area contributed by atoms with E-state index < -0.39 is 23.5 Å². The molecule has 2 aromatic carbocycles. The summed E-state index contributed by atoms with van der Waals surface area (Å²) in [7, 11) is 4.81. The number of halogens is 1. The highest BCUT2D eigenvalue weighted by atomic mass is 35.5. The molecule has 0 unspecified atom stereocenters. The van der Waals surface area contributed by atoms with E-state index in [2.05, 4.69) is 31.2 Å². The van der Waals surface area contributed by atoms with E-state index >= 15 is 0 Å². The first kappa shape index (κ1) is 34.3. The number of carbonyl (C=O) groups is 3. The van der Waals surface area contributed by atoms with E-state index in [-0.39, 0.29) is 30.1 Å². The van der Waals surface area contributed by atoms with Crippen LogP contribution in [0.3, 0.4) is 0 Å². The number of nitrogens with zero attached hydrogens (tertiary/aromatic N) is 3. The molecule has 238 valence electrons. The van der Waals surface area contributed by atoms with Crippen molar-refractivity contribution in [1.82, 2.24) is 25.5 Å². The molecule has 0 bridgehead atoms. The van der Waals surface area contributed by atoms with Crippen molar-refractivity contribution in [2.24, 2.45) is 5.41 Å². The van der Waals surface area contributed by atoms with E-state index in [9.17, 15) is 14.4 Å². The maximum Gasteiger partial charge on any atom is 0.247 e. The zero-order chi connectivity index (χ0) is 31.3. The minimum Gasteiger partial charge on any atom is -0.497 e. The summed E-state index contributed by atoms with van der Waals surface area (Å²) in [4.78, 5) is 50.6. The predicted molar refractivity (Wildman–Crippen MR) is 173 cm³/mol. The lowest BCUT2D eigenvalue weighted by atomic mass is 9.85. The van der Waals surface area contributed by atoms with Gasteiger partial charge in [0.05, 0.1) is 31.5 Å². The van der Waals surface area contributed by atoms with Crippen molar-refractivity contribution in [2.45, 2.75) is 58.7 Å². The molecule has 3 aromatic rings. The third-order valence-electron chi connectivity index (χ3n) is 7.63. The van der Waals surface area contributed by atoms with Gasteiger partial charge in [0.15, 0.2) is 0 Å². The molecule has 0 spiro atoms. The number of likely N-dealkylation sites (N-methyl/N-ethyl adjacent to an activating group) is 1. The summed E-state index contributed by atoms with van der Waals surface area (Å²) in [6.07, 6.45) is 2.62. The first-order valence-electron chi connectivity index (χ1n) is 14.3. The van der Waals surface area contributed by atoms with Crippen LogP contribution >= 0.6 is 12.4 Å². The molecule has 2 heterocycles. The van der Waals surface area contributed by atoms with Crippen LogP contribution in [0, 0.1) is 5.41 Å². The fraction of sp³-hybridized carbons (Fsp3) is 0.452. The second-order valence-corrected chi connectivity index (χ2v) is 11.6. The molecule has 3 atom stereocenters. The second-order valence-electron chi connectivity index (χ2n) is 11.6. The Morgan fingerprint density at radius 1 is 1.05 bits per heavy atom. The lowest BCUT2D eigenvalue weighted by Crippen LogP contribution is -2.59. The standard InChI is InChI=1S/C31H41N7O5.ClH/c1-18(32-5)28(39)37-26(31(2,3)4)30(41)38-14-8-9-24(38)29(40)36-23-15-21-22(16-25(23)43-7)33-17-34-27(21)35-19-10-12-20(42-6)13-11-19;/h10-13,15-18,24,26,32H,8-9,14H2,1-7H3,(H,36,40)(H,37,39)(H,33,34,35);1H/t18-,24-,26+;/m0./s1. The van der Waals surface area contributed by atoms with Crippen molar-refractivity contribution < 1.29 is 23.9 Å². The number of likely N-dealkylation sites (tertiary alicyclic amines) is 1. The van der Waals surface area contributed by atoms with Crippen molar-refractivity contribution in [3.05, 3.63) is 42.7 Å². The molecular formula is C31H42ClN7O5. The van der Waals surface area contributed by atoms with Gasteiger partial charge in [-0.15, -0.1) is 12.4 Å². The minimum atomic E-state index is -0.803. The van der Waals surface area contributed by atoms with Crippen molar-refractivity contribution in [3.63, 3.8) is 0 Å². The van der Waals surface area contributed by atoms with Crippen molar-refractivity contribution in [1.29, 1.82) is 0 Å². The van der Waals surface area contributed by atoms with Crippen LogP contribution in [-0.4, -0.2) is 78.5 Å².